The number of hydrogen-bond donors (Lipinski definition) is 0. The maximum Gasteiger partial charge on any atom is 0.0799 e. The minimum Gasteiger partial charge on any atom is -0.339 e. The first-order valence-electron chi connectivity index (χ1n) is 9.97. The molecule has 0 aliphatic carbocycles. The molecule has 0 radical (unpaired) electrons. The molecule has 2 aromatic carbocycles. The summed E-state index contributed by atoms with van der Waals surface area (Å²) in [6, 6.07) is 15.7. The van der Waals surface area contributed by atoms with E-state index in [0.717, 1.165) is 11.0 Å². The highest BCUT2D eigenvalue weighted by molar-refractivity contribution is 7.99. The summed E-state index contributed by atoms with van der Waals surface area (Å²) in [7, 11) is 4.77. The standard InChI is InChI=1S/C23H33N2S/c1-5-6-9-16-25(3,4)17-10-15-24-20-11-7-8-12-22(20)26-23-14-13-19(2)18-21(23)24/h7-8,11-14,18H,5-6,9-10,15-17H2,1-4H3/q+1. The van der Waals surface area contributed by atoms with Gasteiger partial charge >= 0.3 is 0 Å². The lowest BCUT2D eigenvalue weighted by molar-refractivity contribution is -0.890. The van der Waals surface area contributed by atoms with E-state index in [0.29, 0.717) is 0 Å². The summed E-state index contributed by atoms with van der Waals surface area (Å²) in [4.78, 5) is 5.30. The maximum absolute atomic E-state index is 2.54. The van der Waals surface area contributed by atoms with Crippen molar-refractivity contribution in [1.29, 1.82) is 0 Å². The van der Waals surface area contributed by atoms with E-state index in [-0.39, 0.29) is 0 Å². The number of aryl methyl sites for hydroxylation is 1. The smallest absolute Gasteiger partial charge is 0.0799 e. The molecule has 3 heteroatoms. The molecule has 0 atom stereocenters. The Morgan fingerprint density at radius 3 is 2.42 bits per heavy atom. The number of nitrogens with zero attached hydrogens (tertiary/aromatic N) is 2. The molecule has 0 saturated heterocycles. The molecule has 2 aromatic rings. The highest BCUT2D eigenvalue weighted by atomic mass is 32.2. The molecule has 26 heavy (non-hydrogen) atoms. The van der Waals surface area contributed by atoms with E-state index in [2.05, 4.69) is 75.3 Å². The normalized spacial score (nSPS) is 13.5. The third-order valence-electron chi connectivity index (χ3n) is 5.29. The fourth-order valence-electron chi connectivity index (χ4n) is 3.74. The Balaban J connectivity index is 1.72. The first-order valence-corrected chi connectivity index (χ1v) is 10.8. The van der Waals surface area contributed by atoms with Crippen molar-refractivity contribution in [2.75, 3.05) is 38.6 Å². The number of benzene rings is 2. The van der Waals surface area contributed by atoms with Gasteiger partial charge in [0.05, 0.1) is 38.6 Å². The summed E-state index contributed by atoms with van der Waals surface area (Å²) in [6.45, 7) is 8.08. The minimum atomic E-state index is 1.09. The van der Waals surface area contributed by atoms with Crippen LogP contribution in [0.5, 0.6) is 0 Å². The van der Waals surface area contributed by atoms with Crippen LogP contribution in [0.2, 0.25) is 0 Å². The van der Waals surface area contributed by atoms with Gasteiger partial charge in [0.2, 0.25) is 0 Å². The Hall–Kier alpha value is -1.45. The van der Waals surface area contributed by atoms with Crippen LogP contribution in [0.15, 0.2) is 52.3 Å². The summed E-state index contributed by atoms with van der Waals surface area (Å²) in [5.74, 6) is 0. The molecular formula is C23H33N2S+. The second-order valence-corrected chi connectivity index (χ2v) is 9.22. The Morgan fingerprint density at radius 1 is 0.885 bits per heavy atom. The third-order valence-corrected chi connectivity index (χ3v) is 6.42. The zero-order chi connectivity index (χ0) is 18.6. The molecule has 0 unspecified atom stereocenters. The van der Waals surface area contributed by atoms with Crippen LogP contribution in [0.4, 0.5) is 11.4 Å². The van der Waals surface area contributed by atoms with Crippen molar-refractivity contribution in [3.05, 3.63) is 48.0 Å². The van der Waals surface area contributed by atoms with Crippen molar-refractivity contribution in [3.63, 3.8) is 0 Å². The zero-order valence-electron chi connectivity index (χ0n) is 16.8. The van der Waals surface area contributed by atoms with Crippen LogP contribution in [0.1, 0.15) is 38.2 Å². The van der Waals surface area contributed by atoms with E-state index in [1.165, 1.54) is 65.5 Å². The fraction of sp³-hybridized carbons (Fsp3) is 0.478. The van der Waals surface area contributed by atoms with Gasteiger partial charge in [-0.25, -0.2) is 0 Å². The van der Waals surface area contributed by atoms with Gasteiger partial charge in [0.15, 0.2) is 0 Å². The monoisotopic (exact) mass is 369 g/mol. The topological polar surface area (TPSA) is 3.24 Å². The number of quaternary nitrogens is 1. The second kappa shape index (κ2) is 8.49. The lowest BCUT2D eigenvalue weighted by atomic mass is 10.1. The minimum absolute atomic E-state index is 1.09. The van der Waals surface area contributed by atoms with Crippen molar-refractivity contribution >= 4 is 23.1 Å². The SMILES string of the molecule is CCCCC[N+](C)(C)CCCN1c2ccccc2Sc2ccc(C)cc21. The number of para-hydroxylation sites is 1. The van der Waals surface area contributed by atoms with Crippen LogP contribution in [-0.2, 0) is 0 Å². The predicted octanol–water partition coefficient (Wildman–Crippen LogP) is 6.25. The average Bonchev–Trinajstić information content (AvgIpc) is 2.61. The van der Waals surface area contributed by atoms with E-state index >= 15 is 0 Å². The summed E-state index contributed by atoms with van der Waals surface area (Å²) in [5, 5.41) is 0. The van der Waals surface area contributed by atoms with E-state index in [4.69, 9.17) is 0 Å². The number of rotatable bonds is 8. The molecule has 0 saturated carbocycles. The van der Waals surface area contributed by atoms with Gasteiger partial charge in [0.1, 0.15) is 0 Å². The second-order valence-electron chi connectivity index (χ2n) is 8.14. The van der Waals surface area contributed by atoms with Gasteiger partial charge in [0.25, 0.3) is 0 Å². The highest BCUT2D eigenvalue weighted by Crippen LogP contribution is 2.48. The summed E-state index contributed by atoms with van der Waals surface area (Å²) in [5.41, 5.74) is 4.08. The molecule has 0 spiro atoms. The number of unbranched alkanes of at least 4 members (excludes halogenated alkanes) is 2. The van der Waals surface area contributed by atoms with Crippen molar-refractivity contribution in [3.8, 4) is 0 Å². The Morgan fingerprint density at radius 2 is 1.62 bits per heavy atom. The molecule has 0 bridgehead atoms. The van der Waals surface area contributed by atoms with E-state index < -0.39 is 0 Å². The van der Waals surface area contributed by atoms with Crippen LogP contribution >= 0.6 is 11.8 Å². The van der Waals surface area contributed by atoms with Crippen molar-refractivity contribution in [2.45, 2.75) is 49.3 Å². The van der Waals surface area contributed by atoms with Gasteiger partial charge in [-0.15, -0.1) is 0 Å². The Kier molecular flexibility index (Phi) is 6.31. The molecule has 1 aliphatic heterocycles. The van der Waals surface area contributed by atoms with Crippen molar-refractivity contribution < 1.29 is 4.48 Å². The zero-order valence-corrected chi connectivity index (χ0v) is 17.6. The molecule has 1 heterocycles. The van der Waals surface area contributed by atoms with Gasteiger partial charge in [-0.1, -0.05) is 43.3 Å². The first-order chi connectivity index (χ1) is 12.5. The predicted molar refractivity (Wildman–Crippen MR) is 115 cm³/mol. The van der Waals surface area contributed by atoms with Gasteiger partial charge in [-0.05, 0) is 49.6 Å². The first kappa shape index (κ1) is 19.3. The summed E-state index contributed by atoms with van der Waals surface area (Å²) < 4.78 is 1.13. The quantitative estimate of drug-likeness (QED) is 0.399. The van der Waals surface area contributed by atoms with Crippen LogP contribution in [0, 0.1) is 6.92 Å². The summed E-state index contributed by atoms with van der Waals surface area (Å²) in [6.07, 6.45) is 5.21. The lowest BCUT2D eigenvalue weighted by Gasteiger charge is -2.35. The van der Waals surface area contributed by atoms with Crippen LogP contribution in [-0.4, -0.2) is 38.2 Å². The summed E-state index contributed by atoms with van der Waals surface area (Å²) >= 11 is 1.90. The molecular weight excluding hydrogens is 336 g/mol. The molecule has 2 nitrogen and oxygen atoms in total. The van der Waals surface area contributed by atoms with Crippen molar-refractivity contribution in [1.82, 2.24) is 0 Å². The number of anilines is 2. The molecule has 0 fully saturated rings. The van der Waals surface area contributed by atoms with E-state index in [1.807, 2.05) is 11.8 Å². The Bertz CT molecular complexity index is 739. The van der Waals surface area contributed by atoms with Crippen molar-refractivity contribution in [2.24, 2.45) is 0 Å². The average molecular weight is 370 g/mol. The number of hydrogen-bond acceptors (Lipinski definition) is 2. The van der Waals surface area contributed by atoms with Crippen LogP contribution < -0.4 is 4.90 Å². The van der Waals surface area contributed by atoms with E-state index in [9.17, 15) is 0 Å². The molecule has 3 rings (SSSR count). The van der Waals surface area contributed by atoms with Crippen LogP contribution in [0.25, 0.3) is 0 Å². The molecule has 0 aromatic heterocycles. The van der Waals surface area contributed by atoms with Gasteiger partial charge in [0, 0.05) is 22.8 Å². The lowest BCUT2D eigenvalue weighted by Crippen LogP contribution is -2.42. The maximum atomic E-state index is 2.54. The molecule has 1 aliphatic rings. The highest BCUT2D eigenvalue weighted by Gasteiger charge is 2.24. The van der Waals surface area contributed by atoms with Crippen LogP contribution in [0.3, 0.4) is 0 Å². The van der Waals surface area contributed by atoms with Gasteiger partial charge in [-0.3, -0.25) is 0 Å². The third kappa shape index (κ3) is 4.63. The molecule has 140 valence electrons. The molecule has 0 amide bonds. The molecule has 0 N–H and O–H groups in total. The Labute approximate surface area is 163 Å². The number of fused-ring (bicyclic) bond motifs is 2. The van der Waals surface area contributed by atoms with E-state index in [1.54, 1.807) is 0 Å². The largest absolute Gasteiger partial charge is 0.339 e. The van der Waals surface area contributed by atoms with Gasteiger partial charge in [-0.2, -0.15) is 0 Å². The van der Waals surface area contributed by atoms with Gasteiger partial charge < -0.3 is 9.38 Å². The fourth-order valence-corrected chi connectivity index (χ4v) is 4.81.